The third-order valence-electron chi connectivity index (χ3n) is 5.37. The number of imidazole rings is 1. The van der Waals surface area contributed by atoms with Gasteiger partial charge in [-0.3, -0.25) is 9.99 Å². The maximum atomic E-state index is 12.4. The molecule has 4 rings (SSSR count). The van der Waals surface area contributed by atoms with E-state index in [1.54, 1.807) is 12.1 Å². The largest absolute Gasteiger partial charge is 0.465 e. The molecule has 0 unspecified atom stereocenters. The zero-order chi connectivity index (χ0) is 25.9. The third-order valence-corrected chi connectivity index (χ3v) is 5.37. The summed E-state index contributed by atoms with van der Waals surface area (Å²) >= 11 is 0. The second kappa shape index (κ2) is 13.1. The molecule has 0 aliphatic carbocycles. The first kappa shape index (κ1) is 26.5. The monoisotopic (exact) mass is 490 g/mol. The Morgan fingerprint density at radius 2 is 1.86 bits per heavy atom. The number of methoxy groups -OCH3 is 1. The smallest absolute Gasteiger partial charge is 0.340 e. The number of nitrogens with zero attached hydrogens (tertiary/aromatic N) is 3. The molecule has 3 N–H and O–H groups in total. The van der Waals surface area contributed by atoms with Crippen molar-refractivity contribution in [2.45, 2.75) is 40.7 Å². The number of allylic oxidation sites excluding steroid dienone is 3. The predicted molar refractivity (Wildman–Crippen MR) is 143 cm³/mol. The number of hydrogen-bond donors (Lipinski definition) is 3. The molecule has 0 radical (unpaired) electrons. The van der Waals surface area contributed by atoms with Crippen LogP contribution in [0.4, 0.5) is 0 Å². The van der Waals surface area contributed by atoms with Crippen LogP contribution in [0.1, 0.15) is 49.2 Å². The number of para-hydroxylation sites is 1. The van der Waals surface area contributed by atoms with Crippen LogP contribution in [0.15, 0.2) is 71.4 Å². The molecule has 0 amide bonds. The van der Waals surface area contributed by atoms with Gasteiger partial charge in [-0.2, -0.15) is 4.98 Å². The maximum Gasteiger partial charge on any atom is 0.340 e. The van der Waals surface area contributed by atoms with Crippen molar-refractivity contribution >= 4 is 22.8 Å². The third kappa shape index (κ3) is 6.11. The van der Waals surface area contributed by atoms with Crippen LogP contribution in [0.5, 0.6) is 6.01 Å². The van der Waals surface area contributed by atoms with Gasteiger partial charge >= 0.3 is 5.97 Å². The van der Waals surface area contributed by atoms with Crippen molar-refractivity contribution < 1.29 is 14.3 Å². The minimum Gasteiger partial charge on any atom is -0.465 e. The Morgan fingerprint density at radius 3 is 2.50 bits per heavy atom. The van der Waals surface area contributed by atoms with Crippen molar-refractivity contribution in [3.63, 3.8) is 0 Å². The minimum atomic E-state index is -0.405. The predicted octanol–water partition coefficient (Wildman–Crippen LogP) is 4.27. The van der Waals surface area contributed by atoms with Crippen LogP contribution in [0.2, 0.25) is 0 Å². The molecule has 0 bridgehead atoms. The lowest BCUT2D eigenvalue weighted by molar-refractivity contribution is 0.0602. The van der Waals surface area contributed by atoms with Crippen LogP contribution in [-0.2, 0) is 17.7 Å². The molecule has 0 fully saturated rings. The summed E-state index contributed by atoms with van der Waals surface area (Å²) in [5.41, 5.74) is 13.6. The zero-order valence-corrected chi connectivity index (χ0v) is 21.5. The molecule has 190 valence electrons. The average molecular weight is 491 g/mol. The molecule has 9 heteroatoms. The molecule has 1 aromatic heterocycles. The normalized spacial score (nSPS) is 13.0. The molecule has 1 aliphatic heterocycles. The summed E-state index contributed by atoms with van der Waals surface area (Å²) in [5, 5.41) is 4.22. The Hall–Kier alpha value is -4.11. The van der Waals surface area contributed by atoms with Crippen LogP contribution in [0.3, 0.4) is 0 Å². The first-order valence-corrected chi connectivity index (χ1v) is 12.1. The summed E-state index contributed by atoms with van der Waals surface area (Å²) in [4.78, 5) is 17.0. The van der Waals surface area contributed by atoms with E-state index in [0.29, 0.717) is 42.2 Å². The van der Waals surface area contributed by atoms with Gasteiger partial charge in [0.25, 0.3) is 6.01 Å². The van der Waals surface area contributed by atoms with E-state index in [1.807, 2.05) is 56.6 Å². The number of benzene rings is 2. The van der Waals surface area contributed by atoms with Crippen LogP contribution in [0.25, 0.3) is 11.0 Å². The second-order valence-electron chi connectivity index (χ2n) is 7.61. The van der Waals surface area contributed by atoms with Crippen molar-refractivity contribution in [3.8, 4) is 6.01 Å². The van der Waals surface area contributed by atoms with Crippen LogP contribution < -0.4 is 21.2 Å². The van der Waals surface area contributed by atoms with Crippen molar-refractivity contribution in [3.05, 3.63) is 83.0 Å². The van der Waals surface area contributed by atoms with E-state index >= 15 is 0 Å². The number of aromatic nitrogens is 2. The average Bonchev–Trinajstić information content (AvgIpc) is 3.57. The summed E-state index contributed by atoms with van der Waals surface area (Å²) in [5.74, 6) is 0.349. The fraction of sp³-hybridized carbons (Fsp3) is 0.296. The Kier molecular flexibility index (Phi) is 9.64. The number of nitrogens with one attached hydrogen (secondary N) is 3. The number of esters is 1. The van der Waals surface area contributed by atoms with Gasteiger partial charge in [0.1, 0.15) is 0 Å². The standard InChI is InChI=1S/C25H28N6O3.C2H6/c1-4-6-8-19(23-27-29-30-28-23)15-17-11-13-18(14-12-17)16-31-22-20(24(32)33-3)9-7-10-21(22)26-25(31)34-5-2;1-2/h4,6-14,29-30H,5,15-16H2,1-3H3,(H,27,28);1-2H3/b6-4-,19-8+;. The van der Waals surface area contributed by atoms with Gasteiger partial charge in [0.15, 0.2) is 5.84 Å². The highest BCUT2D eigenvalue weighted by Crippen LogP contribution is 2.27. The molecule has 0 saturated carbocycles. The number of rotatable bonds is 9. The summed E-state index contributed by atoms with van der Waals surface area (Å²) in [6.07, 6.45) is 6.72. The molecule has 0 saturated heterocycles. The van der Waals surface area contributed by atoms with E-state index in [-0.39, 0.29) is 0 Å². The number of carbonyl (C=O) groups excluding carboxylic acids is 1. The lowest BCUT2D eigenvalue weighted by Crippen LogP contribution is -2.35. The molecule has 0 spiro atoms. The zero-order valence-electron chi connectivity index (χ0n) is 21.5. The first-order chi connectivity index (χ1) is 17.6. The number of hydrogen-bond acceptors (Lipinski definition) is 8. The molecular formula is C27H34N6O3. The van der Waals surface area contributed by atoms with E-state index in [4.69, 9.17) is 9.47 Å². The number of hydrazine groups is 2. The van der Waals surface area contributed by atoms with Crippen molar-refractivity contribution in [1.29, 1.82) is 0 Å². The Morgan fingerprint density at radius 1 is 1.11 bits per heavy atom. The van der Waals surface area contributed by atoms with E-state index in [9.17, 15) is 4.79 Å². The van der Waals surface area contributed by atoms with Crippen LogP contribution in [-0.4, -0.2) is 35.1 Å². The topological polar surface area (TPSA) is 102 Å². The molecular weight excluding hydrogens is 456 g/mol. The molecule has 36 heavy (non-hydrogen) atoms. The summed E-state index contributed by atoms with van der Waals surface area (Å²) in [7, 11) is 1.38. The highest BCUT2D eigenvalue weighted by Gasteiger charge is 2.20. The molecule has 3 aromatic rings. The van der Waals surface area contributed by atoms with Crippen LogP contribution >= 0.6 is 0 Å². The Labute approximate surface area is 211 Å². The van der Waals surface area contributed by atoms with Crippen molar-refractivity contribution in [2.24, 2.45) is 5.10 Å². The van der Waals surface area contributed by atoms with Crippen molar-refractivity contribution in [1.82, 2.24) is 26.0 Å². The quantitative estimate of drug-likeness (QED) is 0.304. The fourth-order valence-corrected chi connectivity index (χ4v) is 3.77. The molecule has 9 nitrogen and oxygen atoms in total. The highest BCUT2D eigenvalue weighted by molar-refractivity contribution is 6.02. The number of ether oxygens (including phenoxy) is 2. The van der Waals surface area contributed by atoms with Gasteiger partial charge in [0.2, 0.25) is 0 Å². The Balaban J connectivity index is 0.00000176. The first-order valence-electron chi connectivity index (χ1n) is 12.1. The van der Waals surface area contributed by atoms with E-state index in [0.717, 1.165) is 22.5 Å². The number of carbonyl (C=O) groups is 1. The lowest BCUT2D eigenvalue weighted by Gasteiger charge is -2.12. The molecule has 1 aliphatic rings. The maximum absolute atomic E-state index is 12.4. The van der Waals surface area contributed by atoms with Gasteiger partial charge in [-0.1, -0.05) is 62.4 Å². The van der Waals surface area contributed by atoms with Gasteiger partial charge < -0.3 is 9.47 Å². The lowest BCUT2D eigenvalue weighted by atomic mass is 10.0. The summed E-state index contributed by atoms with van der Waals surface area (Å²) in [6.45, 7) is 8.86. The Bertz CT molecular complexity index is 1260. The molecule has 0 atom stereocenters. The van der Waals surface area contributed by atoms with Crippen LogP contribution in [0, 0.1) is 0 Å². The number of hydrazone groups is 1. The summed E-state index contributed by atoms with van der Waals surface area (Å²) in [6, 6.07) is 14.2. The van der Waals surface area contributed by atoms with E-state index in [2.05, 4.69) is 50.8 Å². The fourth-order valence-electron chi connectivity index (χ4n) is 3.77. The van der Waals surface area contributed by atoms with E-state index < -0.39 is 5.97 Å². The SMILES string of the molecule is C/C=C\C=C(/Cc1ccc(Cn2c(OCC)nc3cccc(C(=O)OC)c32)cc1)C1=NNNN1.CC. The number of amidine groups is 1. The van der Waals surface area contributed by atoms with Gasteiger partial charge in [0, 0.05) is 12.0 Å². The van der Waals surface area contributed by atoms with Gasteiger partial charge in [0.05, 0.1) is 36.9 Å². The van der Waals surface area contributed by atoms with Gasteiger partial charge in [-0.05, 0) is 37.1 Å². The van der Waals surface area contributed by atoms with Crippen molar-refractivity contribution in [2.75, 3.05) is 13.7 Å². The number of fused-ring (bicyclic) bond motifs is 1. The second-order valence-corrected chi connectivity index (χ2v) is 7.61. The minimum absolute atomic E-state index is 0.405. The van der Waals surface area contributed by atoms with Gasteiger partial charge in [-0.15, -0.1) is 10.6 Å². The van der Waals surface area contributed by atoms with E-state index in [1.165, 1.54) is 7.11 Å². The van der Waals surface area contributed by atoms with Gasteiger partial charge in [-0.25, -0.2) is 10.3 Å². The molecule has 2 aromatic carbocycles. The molecule has 2 heterocycles. The highest BCUT2D eigenvalue weighted by atomic mass is 16.5. The summed E-state index contributed by atoms with van der Waals surface area (Å²) < 4.78 is 12.7.